The van der Waals surface area contributed by atoms with Gasteiger partial charge in [-0.15, -0.1) is 0 Å². The van der Waals surface area contributed by atoms with Crippen LogP contribution in [-0.4, -0.2) is 35.2 Å². The summed E-state index contributed by atoms with van der Waals surface area (Å²) in [6, 6.07) is 8.61. The second-order valence-corrected chi connectivity index (χ2v) is 7.56. The van der Waals surface area contributed by atoms with E-state index in [-0.39, 0.29) is 11.8 Å². The smallest absolute Gasteiger partial charge is 0.235 e. The van der Waals surface area contributed by atoms with E-state index in [4.69, 9.17) is 20.9 Å². The molecule has 0 saturated carbocycles. The molecule has 0 aliphatic carbocycles. The number of nitrogens with one attached hydrogen (secondary N) is 1. The van der Waals surface area contributed by atoms with Crippen LogP contribution in [0.5, 0.6) is 0 Å². The molecular weight excluding hydrogens is 370 g/mol. The van der Waals surface area contributed by atoms with Gasteiger partial charge >= 0.3 is 0 Å². The first-order valence-electron chi connectivity index (χ1n) is 8.65. The van der Waals surface area contributed by atoms with E-state index in [1.54, 1.807) is 37.3 Å². The first-order chi connectivity index (χ1) is 13.0. The van der Waals surface area contributed by atoms with Crippen LogP contribution in [0.25, 0.3) is 0 Å². The first-order valence-corrected chi connectivity index (χ1v) is 9.03. The molecule has 3 aliphatic rings. The quantitative estimate of drug-likeness (QED) is 0.821. The number of hydrogen-bond acceptors (Lipinski definition) is 5. The van der Waals surface area contributed by atoms with Crippen LogP contribution in [0.1, 0.15) is 5.76 Å². The van der Waals surface area contributed by atoms with Gasteiger partial charge in [0.25, 0.3) is 0 Å². The molecule has 138 valence electrons. The highest BCUT2D eigenvalue weighted by Crippen LogP contribution is 2.52. The van der Waals surface area contributed by atoms with Crippen molar-refractivity contribution in [3.05, 3.63) is 53.3 Å². The Balaban J connectivity index is 1.44. The third-order valence-electron chi connectivity index (χ3n) is 5.39. The summed E-state index contributed by atoms with van der Waals surface area (Å²) in [7, 11) is 0. The standard InChI is InChI=1S/C19H16ClN3O4/c1-10-7-14(22-27-10)23-9-19-6-5-13(26-19)15(16(19)18(23)25)17(24)21-12-4-2-3-11(20)8-12/h2-8,13,15-16H,9H2,1H3,(H,21,24)/t13-,15-,16+,19+/m1/s1. The van der Waals surface area contributed by atoms with Gasteiger partial charge in [0.15, 0.2) is 5.82 Å². The van der Waals surface area contributed by atoms with Gasteiger partial charge in [-0.25, -0.2) is 0 Å². The molecule has 1 spiro atoms. The number of amides is 2. The van der Waals surface area contributed by atoms with Gasteiger partial charge in [-0.1, -0.05) is 35.0 Å². The molecule has 4 atom stereocenters. The number of carbonyl (C=O) groups excluding carboxylic acids is 2. The van der Waals surface area contributed by atoms with Crippen molar-refractivity contribution in [1.82, 2.24) is 5.16 Å². The molecule has 4 heterocycles. The number of rotatable bonds is 3. The van der Waals surface area contributed by atoms with Gasteiger partial charge in [-0.3, -0.25) is 14.5 Å². The zero-order chi connectivity index (χ0) is 18.8. The van der Waals surface area contributed by atoms with Crippen molar-refractivity contribution in [2.45, 2.75) is 18.6 Å². The number of aryl methyl sites for hydroxylation is 1. The summed E-state index contributed by atoms with van der Waals surface area (Å²) in [5.74, 6) is -0.589. The lowest BCUT2D eigenvalue weighted by molar-refractivity contribution is -0.128. The molecule has 7 nitrogen and oxygen atoms in total. The highest BCUT2D eigenvalue weighted by molar-refractivity contribution is 6.30. The SMILES string of the molecule is Cc1cc(N2C[C@]34C=C[C@@H](O3)[C@@H](C(=O)Nc3cccc(Cl)c3)[C@H]4C2=O)no1. The summed E-state index contributed by atoms with van der Waals surface area (Å²) in [6.45, 7) is 2.08. The van der Waals surface area contributed by atoms with Crippen LogP contribution in [-0.2, 0) is 14.3 Å². The third kappa shape index (κ3) is 2.42. The maximum Gasteiger partial charge on any atom is 0.235 e. The number of fused-ring (bicyclic) bond motifs is 1. The maximum absolute atomic E-state index is 13.1. The Labute approximate surface area is 159 Å². The van der Waals surface area contributed by atoms with Crippen molar-refractivity contribution >= 4 is 34.9 Å². The minimum absolute atomic E-state index is 0.179. The normalized spacial score (nSPS) is 30.8. The van der Waals surface area contributed by atoms with E-state index in [1.165, 1.54) is 4.90 Å². The number of anilines is 2. The zero-order valence-corrected chi connectivity index (χ0v) is 15.1. The molecule has 1 aromatic heterocycles. The van der Waals surface area contributed by atoms with E-state index in [1.807, 2.05) is 12.2 Å². The summed E-state index contributed by atoms with van der Waals surface area (Å²) in [5, 5.41) is 7.32. The lowest BCUT2D eigenvalue weighted by atomic mass is 9.77. The number of ether oxygens (including phenoxy) is 1. The van der Waals surface area contributed by atoms with Gasteiger partial charge in [0.1, 0.15) is 11.4 Å². The third-order valence-corrected chi connectivity index (χ3v) is 5.62. The number of benzene rings is 1. The van der Waals surface area contributed by atoms with Crippen LogP contribution >= 0.6 is 11.6 Å². The maximum atomic E-state index is 13.1. The van der Waals surface area contributed by atoms with Gasteiger partial charge in [0.2, 0.25) is 11.8 Å². The second-order valence-electron chi connectivity index (χ2n) is 7.12. The predicted octanol–water partition coefficient (Wildman–Crippen LogP) is 2.56. The van der Waals surface area contributed by atoms with Gasteiger partial charge in [0, 0.05) is 16.8 Å². The van der Waals surface area contributed by atoms with Gasteiger partial charge in [-0.2, -0.15) is 0 Å². The second kappa shape index (κ2) is 5.68. The summed E-state index contributed by atoms with van der Waals surface area (Å²) < 4.78 is 11.2. The molecule has 2 fully saturated rings. The number of halogens is 1. The first kappa shape index (κ1) is 16.5. The van der Waals surface area contributed by atoms with Crippen LogP contribution in [0.4, 0.5) is 11.5 Å². The summed E-state index contributed by atoms with van der Waals surface area (Å²) in [4.78, 5) is 27.6. The molecule has 8 heteroatoms. The van der Waals surface area contributed by atoms with Gasteiger partial charge in [0.05, 0.1) is 24.5 Å². The van der Waals surface area contributed by atoms with E-state index >= 15 is 0 Å². The Morgan fingerprint density at radius 2 is 2.26 bits per heavy atom. The molecule has 2 saturated heterocycles. The van der Waals surface area contributed by atoms with Crippen LogP contribution < -0.4 is 10.2 Å². The van der Waals surface area contributed by atoms with E-state index in [9.17, 15) is 9.59 Å². The molecule has 0 radical (unpaired) electrons. The van der Waals surface area contributed by atoms with Crippen molar-refractivity contribution in [1.29, 1.82) is 0 Å². The largest absolute Gasteiger partial charge is 0.360 e. The lowest BCUT2D eigenvalue weighted by Gasteiger charge is -2.23. The fourth-order valence-electron chi connectivity index (χ4n) is 4.26. The highest BCUT2D eigenvalue weighted by Gasteiger charge is 2.67. The average Bonchev–Trinajstić information content (AvgIpc) is 3.36. The number of hydrogen-bond donors (Lipinski definition) is 1. The summed E-state index contributed by atoms with van der Waals surface area (Å²) in [6.07, 6.45) is 3.35. The van der Waals surface area contributed by atoms with Crippen LogP contribution in [0.2, 0.25) is 5.02 Å². The Morgan fingerprint density at radius 1 is 1.41 bits per heavy atom. The predicted molar refractivity (Wildman–Crippen MR) is 97.4 cm³/mol. The molecule has 3 aliphatic heterocycles. The molecule has 0 unspecified atom stereocenters. The molecular formula is C19H16ClN3O4. The molecule has 2 bridgehead atoms. The molecule has 1 N–H and O–H groups in total. The van der Waals surface area contributed by atoms with Crippen molar-refractivity contribution in [3.63, 3.8) is 0 Å². The number of aromatic nitrogens is 1. The van der Waals surface area contributed by atoms with E-state index in [0.717, 1.165) is 0 Å². The minimum atomic E-state index is -0.801. The van der Waals surface area contributed by atoms with Crippen molar-refractivity contribution in [3.8, 4) is 0 Å². The molecule has 5 rings (SSSR count). The minimum Gasteiger partial charge on any atom is -0.360 e. The van der Waals surface area contributed by atoms with Gasteiger partial charge in [-0.05, 0) is 25.1 Å². The van der Waals surface area contributed by atoms with Crippen LogP contribution in [0.3, 0.4) is 0 Å². The molecule has 27 heavy (non-hydrogen) atoms. The van der Waals surface area contributed by atoms with Crippen molar-refractivity contribution in [2.24, 2.45) is 11.8 Å². The summed E-state index contributed by atoms with van der Waals surface area (Å²) >= 11 is 5.99. The van der Waals surface area contributed by atoms with E-state index < -0.39 is 23.5 Å². The van der Waals surface area contributed by atoms with Crippen LogP contribution in [0, 0.1) is 18.8 Å². The topological polar surface area (TPSA) is 84.7 Å². The lowest BCUT2D eigenvalue weighted by Crippen LogP contribution is -2.41. The zero-order valence-electron chi connectivity index (χ0n) is 14.4. The summed E-state index contributed by atoms with van der Waals surface area (Å²) in [5.41, 5.74) is -0.215. The van der Waals surface area contributed by atoms with Crippen molar-refractivity contribution in [2.75, 3.05) is 16.8 Å². The monoisotopic (exact) mass is 385 g/mol. The molecule has 2 aromatic rings. The fraction of sp³-hybridized carbons (Fsp3) is 0.316. The van der Waals surface area contributed by atoms with Crippen molar-refractivity contribution < 1.29 is 18.8 Å². The molecule has 2 amide bonds. The van der Waals surface area contributed by atoms with E-state index in [0.29, 0.717) is 28.8 Å². The Morgan fingerprint density at radius 3 is 3.00 bits per heavy atom. The van der Waals surface area contributed by atoms with E-state index in [2.05, 4.69) is 10.5 Å². The molecule has 1 aromatic carbocycles. The van der Waals surface area contributed by atoms with Gasteiger partial charge < -0.3 is 14.6 Å². The highest BCUT2D eigenvalue weighted by atomic mass is 35.5. The number of nitrogens with zero attached hydrogens (tertiary/aromatic N) is 2. The Hall–Kier alpha value is -2.64. The van der Waals surface area contributed by atoms with Crippen LogP contribution in [0.15, 0.2) is 47.0 Å². The Kier molecular flexibility index (Phi) is 3.47. The Bertz CT molecular complexity index is 987. The fourth-order valence-corrected chi connectivity index (χ4v) is 4.45. The number of carbonyl (C=O) groups is 2. The average molecular weight is 386 g/mol.